The van der Waals surface area contributed by atoms with Crippen LogP contribution in [0.3, 0.4) is 0 Å². The molecular weight excluding hydrogens is 236 g/mol. The van der Waals surface area contributed by atoms with E-state index in [1.807, 2.05) is 0 Å². The Balaban J connectivity index is 2.18. The lowest BCUT2D eigenvalue weighted by molar-refractivity contribution is 0.126. The summed E-state index contributed by atoms with van der Waals surface area (Å²) in [7, 11) is 0. The first-order chi connectivity index (χ1) is 9.02. The highest BCUT2D eigenvalue weighted by molar-refractivity contribution is 4.80. The predicted octanol–water partition coefficient (Wildman–Crippen LogP) is 2.49. The SMILES string of the molecule is CCCN1CCC(C(C)NCC(O)CC(C)C)CC1. The quantitative estimate of drug-likeness (QED) is 0.711. The minimum absolute atomic E-state index is 0.192. The number of piperidine rings is 1. The summed E-state index contributed by atoms with van der Waals surface area (Å²) < 4.78 is 0. The molecule has 0 amide bonds. The van der Waals surface area contributed by atoms with Crippen LogP contribution >= 0.6 is 0 Å². The first kappa shape index (κ1) is 16.9. The average Bonchev–Trinajstić information content (AvgIpc) is 2.36. The summed E-state index contributed by atoms with van der Waals surface area (Å²) in [6, 6.07) is 0.533. The van der Waals surface area contributed by atoms with Gasteiger partial charge in [0, 0.05) is 12.6 Å². The van der Waals surface area contributed by atoms with Gasteiger partial charge in [-0.15, -0.1) is 0 Å². The molecule has 1 saturated heterocycles. The molecule has 1 aliphatic heterocycles. The Morgan fingerprint density at radius 1 is 1.21 bits per heavy atom. The third-order valence-electron chi connectivity index (χ3n) is 4.30. The molecule has 0 spiro atoms. The van der Waals surface area contributed by atoms with Crippen LogP contribution in [0, 0.1) is 11.8 Å². The fourth-order valence-corrected chi connectivity index (χ4v) is 3.11. The van der Waals surface area contributed by atoms with E-state index < -0.39 is 0 Å². The van der Waals surface area contributed by atoms with Gasteiger partial charge in [0.1, 0.15) is 0 Å². The third kappa shape index (κ3) is 6.73. The van der Waals surface area contributed by atoms with Crippen LogP contribution in [-0.2, 0) is 0 Å². The highest BCUT2D eigenvalue weighted by Gasteiger charge is 2.23. The first-order valence-corrected chi connectivity index (χ1v) is 8.16. The Hall–Kier alpha value is -0.120. The lowest BCUT2D eigenvalue weighted by Gasteiger charge is -2.35. The summed E-state index contributed by atoms with van der Waals surface area (Å²) in [6.07, 6.45) is 4.57. The Morgan fingerprint density at radius 2 is 1.84 bits per heavy atom. The largest absolute Gasteiger partial charge is 0.392 e. The van der Waals surface area contributed by atoms with Gasteiger partial charge < -0.3 is 15.3 Å². The number of hydrogen-bond acceptors (Lipinski definition) is 3. The van der Waals surface area contributed by atoms with E-state index in [9.17, 15) is 5.11 Å². The van der Waals surface area contributed by atoms with Gasteiger partial charge in [0.25, 0.3) is 0 Å². The van der Waals surface area contributed by atoms with Crippen molar-refractivity contribution in [3.63, 3.8) is 0 Å². The van der Waals surface area contributed by atoms with Crippen molar-refractivity contribution >= 4 is 0 Å². The molecule has 0 aromatic carbocycles. The molecule has 0 bridgehead atoms. The van der Waals surface area contributed by atoms with Gasteiger partial charge in [-0.3, -0.25) is 0 Å². The number of hydrogen-bond donors (Lipinski definition) is 2. The summed E-state index contributed by atoms with van der Waals surface area (Å²) in [4.78, 5) is 2.58. The second kappa shape index (κ2) is 8.93. The van der Waals surface area contributed by atoms with Gasteiger partial charge >= 0.3 is 0 Å². The fourth-order valence-electron chi connectivity index (χ4n) is 3.11. The van der Waals surface area contributed by atoms with Gasteiger partial charge in [-0.2, -0.15) is 0 Å². The molecule has 1 rings (SSSR count). The highest BCUT2D eigenvalue weighted by Crippen LogP contribution is 2.20. The van der Waals surface area contributed by atoms with E-state index in [1.165, 1.54) is 38.9 Å². The summed E-state index contributed by atoms with van der Waals surface area (Å²) in [5.41, 5.74) is 0. The van der Waals surface area contributed by atoms with Gasteiger partial charge in [0.2, 0.25) is 0 Å². The lowest BCUT2D eigenvalue weighted by Crippen LogP contribution is -2.44. The second-order valence-corrected chi connectivity index (χ2v) is 6.66. The Labute approximate surface area is 119 Å². The first-order valence-electron chi connectivity index (χ1n) is 8.16. The van der Waals surface area contributed by atoms with Crippen molar-refractivity contribution in [2.24, 2.45) is 11.8 Å². The van der Waals surface area contributed by atoms with Crippen LogP contribution in [0.15, 0.2) is 0 Å². The molecule has 19 heavy (non-hydrogen) atoms. The topological polar surface area (TPSA) is 35.5 Å². The van der Waals surface area contributed by atoms with E-state index in [-0.39, 0.29) is 6.10 Å². The van der Waals surface area contributed by atoms with Gasteiger partial charge in [-0.05, 0) is 64.1 Å². The third-order valence-corrected chi connectivity index (χ3v) is 4.30. The van der Waals surface area contributed by atoms with Crippen LogP contribution in [0.5, 0.6) is 0 Å². The van der Waals surface area contributed by atoms with Crippen LogP contribution < -0.4 is 5.32 Å². The maximum atomic E-state index is 9.91. The molecule has 0 saturated carbocycles. The average molecular weight is 270 g/mol. The second-order valence-electron chi connectivity index (χ2n) is 6.66. The smallest absolute Gasteiger partial charge is 0.0667 e. The van der Waals surface area contributed by atoms with Crippen LogP contribution in [0.1, 0.15) is 53.4 Å². The number of rotatable bonds is 8. The Kier molecular flexibility index (Phi) is 7.96. The molecule has 0 aromatic heterocycles. The van der Waals surface area contributed by atoms with Crippen molar-refractivity contribution in [3.05, 3.63) is 0 Å². The number of nitrogens with zero attached hydrogens (tertiary/aromatic N) is 1. The van der Waals surface area contributed by atoms with Crippen molar-refractivity contribution in [2.45, 2.75) is 65.5 Å². The van der Waals surface area contributed by atoms with E-state index in [1.54, 1.807) is 0 Å². The number of aliphatic hydroxyl groups is 1. The highest BCUT2D eigenvalue weighted by atomic mass is 16.3. The predicted molar refractivity (Wildman–Crippen MR) is 82.4 cm³/mol. The number of likely N-dealkylation sites (tertiary alicyclic amines) is 1. The van der Waals surface area contributed by atoms with Crippen molar-refractivity contribution in [2.75, 3.05) is 26.2 Å². The van der Waals surface area contributed by atoms with Crippen molar-refractivity contribution in [1.82, 2.24) is 10.2 Å². The summed E-state index contributed by atoms with van der Waals surface area (Å²) in [5, 5.41) is 13.4. The minimum Gasteiger partial charge on any atom is -0.392 e. The number of nitrogens with one attached hydrogen (secondary N) is 1. The molecule has 114 valence electrons. The van der Waals surface area contributed by atoms with Gasteiger partial charge in [0.15, 0.2) is 0 Å². The summed E-state index contributed by atoms with van der Waals surface area (Å²) in [5.74, 6) is 1.35. The van der Waals surface area contributed by atoms with Crippen molar-refractivity contribution in [3.8, 4) is 0 Å². The lowest BCUT2D eigenvalue weighted by atomic mass is 9.90. The molecule has 1 aliphatic rings. The van der Waals surface area contributed by atoms with E-state index in [0.717, 1.165) is 18.9 Å². The van der Waals surface area contributed by atoms with Crippen LogP contribution in [-0.4, -0.2) is 48.3 Å². The monoisotopic (exact) mass is 270 g/mol. The van der Waals surface area contributed by atoms with Gasteiger partial charge in [-0.1, -0.05) is 20.8 Å². The molecular formula is C16H34N2O. The standard InChI is InChI=1S/C16H34N2O/c1-5-8-18-9-6-15(7-10-18)14(4)17-12-16(19)11-13(2)3/h13-17,19H,5-12H2,1-4H3. The molecule has 3 heteroatoms. The molecule has 0 radical (unpaired) electrons. The van der Waals surface area contributed by atoms with E-state index in [4.69, 9.17) is 0 Å². The molecule has 0 aromatic rings. The molecule has 2 atom stereocenters. The van der Waals surface area contributed by atoms with E-state index >= 15 is 0 Å². The molecule has 1 fully saturated rings. The summed E-state index contributed by atoms with van der Waals surface area (Å²) >= 11 is 0. The van der Waals surface area contributed by atoms with Gasteiger partial charge in [-0.25, -0.2) is 0 Å². The minimum atomic E-state index is -0.192. The van der Waals surface area contributed by atoms with Crippen LogP contribution in [0.4, 0.5) is 0 Å². The summed E-state index contributed by atoms with van der Waals surface area (Å²) in [6.45, 7) is 13.4. The Morgan fingerprint density at radius 3 is 2.37 bits per heavy atom. The zero-order valence-electron chi connectivity index (χ0n) is 13.4. The maximum absolute atomic E-state index is 9.91. The maximum Gasteiger partial charge on any atom is 0.0667 e. The Bertz CT molecular complexity index is 225. The fraction of sp³-hybridized carbons (Fsp3) is 1.00. The zero-order valence-corrected chi connectivity index (χ0v) is 13.4. The van der Waals surface area contributed by atoms with Crippen molar-refractivity contribution in [1.29, 1.82) is 0 Å². The van der Waals surface area contributed by atoms with Gasteiger partial charge in [0.05, 0.1) is 6.10 Å². The zero-order chi connectivity index (χ0) is 14.3. The number of aliphatic hydroxyl groups excluding tert-OH is 1. The molecule has 1 heterocycles. The molecule has 3 nitrogen and oxygen atoms in total. The normalized spacial score (nSPS) is 21.8. The molecule has 2 N–H and O–H groups in total. The molecule has 0 aliphatic carbocycles. The van der Waals surface area contributed by atoms with Crippen LogP contribution in [0.25, 0.3) is 0 Å². The molecule has 2 unspecified atom stereocenters. The van der Waals surface area contributed by atoms with E-state index in [2.05, 4.69) is 37.9 Å². The van der Waals surface area contributed by atoms with E-state index in [0.29, 0.717) is 12.0 Å². The van der Waals surface area contributed by atoms with Crippen molar-refractivity contribution < 1.29 is 5.11 Å². The van der Waals surface area contributed by atoms with Crippen LogP contribution in [0.2, 0.25) is 0 Å².